The largest absolute Gasteiger partial charge is 0.0620 e. The normalized spacial score (nSPS) is 54.2. The Kier molecular flexibility index (Phi) is 2.56. The fourth-order valence-corrected chi connectivity index (χ4v) is 6.52. The lowest BCUT2D eigenvalue weighted by Crippen LogP contribution is -2.27. The van der Waals surface area contributed by atoms with E-state index in [9.17, 15) is 0 Å². The van der Waals surface area contributed by atoms with Gasteiger partial charge in [0, 0.05) is 0 Å². The quantitative estimate of drug-likeness (QED) is 0.636. The lowest BCUT2D eigenvalue weighted by atomic mass is 9.71. The van der Waals surface area contributed by atoms with Gasteiger partial charge < -0.3 is 0 Å². The smallest absolute Gasteiger partial charge is 0.0355 e. The first-order valence-corrected chi connectivity index (χ1v) is 8.33. The average molecular weight is 232 g/mol. The van der Waals surface area contributed by atoms with Crippen LogP contribution in [0.15, 0.2) is 0 Å². The SMILES string of the molecule is CC(C1CC2CCC1C2)C1CCC2CCCC21. The van der Waals surface area contributed by atoms with Crippen molar-refractivity contribution in [1.82, 2.24) is 0 Å². The molecule has 4 aliphatic carbocycles. The molecule has 0 heteroatoms. The maximum absolute atomic E-state index is 2.64. The Morgan fingerprint density at radius 3 is 2.41 bits per heavy atom. The van der Waals surface area contributed by atoms with Crippen LogP contribution >= 0.6 is 0 Å². The van der Waals surface area contributed by atoms with E-state index in [2.05, 4.69) is 6.92 Å². The van der Waals surface area contributed by atoms with Gasteiger partial charge in [-0.15, -0.1) is 0 Å². The van der Waals surface area contributed by atoms with Gasteiger partial charge in [-0.2, -0.15) is 0 Å². The number of fused-ring (bicyclic) bond motifs is 3. The minimum absolute atomic E-state index is 1.07. The highest BCUT2D eigenvalue weighted by atomic mass is 14.5. The first-order valence-electron chi connectivity index (χ1n) is 8.33. The molecule has 0 aliphatic heterocycles. The van der Waals surface area contributed by atoms with E-state index in [0.717, 1.165) is 41.4 Å². The Hall–Kier alpha value is 0. The van der Waals surface area contributed by atoms with Crippen LogP contribution in [0, 0.1) is 41.4 Å². The molecule has 4 aliphatic rings. The van der Waals surface area contributed by atoms with Crippen LogP contribution in [0.3, 0.4) is 0 Å². The standard InChI is InChI=1S/C17H28/c1-11(17-10-12-5-6-14(17)9-12)15-8-7-13-3-2-4-16(13)15/h11-17H,2-10H2,1H3. The summed E-state index contributed by atoms with van der Waals surface area (Å²) >= 11 is 0. The van der Waals surface area contributed by atoms with Gasteiger partial charge in [-0.1, -0.05) is 26.2 Å². The molecule has 17 heavy (non-hydrogen) atoms. The predicted octanol–water partition coefficient (Wildman–Crippen LogP) is 4.89. The second-order valence-electron chi connectivity index (χ2n) is 7.79. The highest BCUT2D eigenvalue weighted by Gasteiger charge is 2.48. The highest BCUT2D eigenvalue weighted by Crippen LogP contribution is 2.57. The van der Waals surface area contributed by atoms with Crippen LogP contribution in [0.5, 0.6) is 0 Å². The molecule has 0 aromatic heterocycles. The summed E-state index contributed by atoms with van der Waals surface area (Å²) in [6.07, 6.45) is 14.3. The number of hydrogen-bond donors (Lipinski definition) is 0. The average Bonchev–Trinajstić information content (AvgIpc) is 3.07. The monoisotopic (exact) mass is 232 g/mol. The molecule has 0 nitrogen and oxygen atoms in total. The van der Waals surface area contributed by atoms with Crippen LogP contribution in [0.1, 0.15) is 64.7 Å². The summed E-state index contributed by atoms with van der Waals surface area (Å²) in [6, 6.07) is 0. The molecule has 7 atom stereocenters. The van der Waals surface area contributed by atoms with E-state index < -0.39 is 0 Å². The van der Waals surface area contributed by atoms with Crippen LogP contribution in [-0.2, 0) is 0 Å². The molecule has 4 fully saturated rings. The van der Waals surface area contributed by atoms with Crippen molar-refractivity contribution < 1.29 is 0 Å². The molecule has 4 saturated carbocycles. The Morgan fingerprint density at radius 2 is 1.65 bits per heavy atom. The van der Waals surface area contributed by atoms with E-state index in [1.165, 1.54) is 0 Å². The minimum Gasteiger partial charge on any atom is -0.0620 e. The molecule has 2 bridgehead atoms. The molecule has 96 valence electrons. The molecular formula is C17H28. The van der Waals surface area contributed by atoms with Crippen LogP contribution in [0.4, 0.5) is 0 Å². The third kappa shape index (κ3) is 1.62. The van der Waals surface area contributed by atoms with Crippen molar-refractivity contribution in [1.29, 1.82) is 0 Å². The molecule has 0 aromatic rings. The van der Waals surface area contributed by atoms with Crippen molar-refractivity contribution in [3.63, 3.8) is 0 Å². The van der Waals surface area contributed by atoms with Crippen molar-refractivity contribution in [3.05, 3.63) is 0 Å². The third-order valence-electron chi connectivity index (χ3n) is 7.28. The van der Waals surface area contributed by atoms with Gasteiger partial charge in [0.25, 0.3) is 0 Å². The van der Waals surface area contributed by atoms with Gasteiger partial charge in [-0.3, -0.25) is 0 Å². The Labute approximate surface area is 107 Å². The number of hydrogen-bond acceptors (Lipinski definition) is 0. The first kappa shape index (κ1) is 10.9. The molecule has 0 saturated heterocycles. The Bertz CT molecular complexity index is 294. The fourth-order valence-electron chi connectivity index (χ4n) is 6.52. The van der Waals surface area contributed by atoms with Gasteiger partial charge in [-0.25, -0.2) is 0 Å². The molecular weight excluding hydrogens is 204 g/mol. The molecule has 0 heterocycles. The molecule has 0 amide bonds. The molecule has 0 spiro atoms. The summed E-state index contributed by atoms with van der Waals surface area (Å²) in [7, 11) is 0. The second-order valence-corrected chi connectivity index (χ2v) is 7.79. The van der Waals surface area contributed by atoms with Gasteiger partial charge in [0.15, 0.2) is 0 Å². The van der Waals surface area contributed by atoms with Crippen molar-refractivity contribution in [2.24, 2.45) is 41.4 Å². The summed E-state index contributed by atoms with van der Waals surface area (Å²) in [4.78, 5) is 0. The first-order chi connectivity index (χ1) is 8.33. The Morgan fingerprint density at radius 1 is 0.765 bits per heavy atom. The fraction of sp³-hybridized carbons (Fsp3) is 1.00. The highest BCUT2D eigenvalue weighted by molar-refractivity contribution is 4.98. The minimum atomic E-state index is 1.07. The van der Waals surface area contributed by atoms with Gasteiger partial charge in [-0.05, 0) is 80.0 Å². The van der Waals surface area contributed by atoms with Gasteiger partial charge in [0.1, 0.15) is 0 Å². The van der Waals surface area contributed by atoms with Crippen LogP contribution in [0.2, 0.25) is 0 Å². The van der Waals surface area contributed by atoms with Crippen molar-refractivity contribution in [2.45, 2.75) is 64.7 Å². The molecule has 0 radical (unpaired) electrons. The van der Waals surface area contributed by atoms with Crippen molar-refractivity contribution in [2.75, 3.05) is 0 Å². The maximum Gasteiger partial charge on any atom is -0.0355 e. The van der Waals surface area contributed by atoms with E-state index >= 15 is 0 Å². The van der Waals surface area contributed by atoms with Crippen molar-refractivity contribution >= 4 is 0 Å². The molecule has 0 aromatic carbocycles. The summed E-state index contributed by atoms with van der Waals surface area (Å²) in [5, 5.41) is 0. The van der Waals surface area contributed by atoms with E-state index in [1.54, 1.807) is 57.8 Å². The van der Waals surface area contributed by atoms with Crippen LogP contribution in [0.25, 0.3) is 0 Å². The van der Waals surface area contributed by atoms with Crippen LogP contribution < -0.4 is 0 Å². The topological polar surface area (TPSA) is 0 Å². The molecule has 0 N–H and O–H groups in total. The summed E-state index contributed by atoms with van der Waals surface area (Å²) in [5.74, 6) is 7.94. The van der Waals surface area contributed by atoms with Gasteiger partial charge >= 0.3 is 0 Å². The van der Waals surface area contributed by atoms with E-state index in [1.807, 2.05) is 0 Å². The molecule has 4 rings (SSSR count). The lowest BCUT2D eigenvalue weighted by Gasteiger charge is -2.34. The van der Waals surface area contributed by atoms with Gasteiger partial charge in [0.05, 0.1) is 0 Å². The maximum atomic E-state index is 2.64. The summed E-state index contributed by atoms with van der Waals surface area (Å²) < 4.78 is 0. The zero-order valence-corrected chi connectivity index (χ0v) is 11.4. The Balaban J connectivity index is 1.48. The summed E-state index contributed by atoms with van der Waals surface area (Å²) in [6.45, 7) is 2.64. The zero-order chi connectivity index (χ0) is 11.4. The van der Waals surface area contributed by atoms with Gasteiger partial charge in [0.2, 0.25) is 0 Å². The third-order valence-corrected chi connectivity index (χ3v) is 7.28. The zero-order valence-electron chi connectivity index (χ0n) is 11.4. The number of rotatable bonds is 2. The van der Waals surface area contributed by atoms with E-state index in [4.69, 9.17) is 0 Å². The molecule has 7 unspecified atom stereocenters. The van der Waals surface area contributed by atoms with Crippen molar-refractivity contribution in [3.8, 4) is 0 Å². The van der Waals surface area contributed by atoms with Crippen LogP contribution in [-0.4, -0.2) is 0 Å². The van der Waals surface area contributed by atoms with E-state index in [0.29, 0.717) is 0 Å². The lowest BCUT2D eigenvalue weighted by molar-refractivity contribution is 0.144. The second kappa shape index (κ2) is 4.00. The van der Waals surface area contributed by atoms with E-state index in [-0.39, 0.29) is 0 Å². The predicted molar refractivity (Wildman–Crippen MR) is 71.7 cm³/mol. The summed E-state index contributed by atoms with van der Waals surface area (Å²) in [5.41, 5.74) is 0.